The lowest BCUT2D eigenvalue weighted by molar-refractivity contribution is 0.0972. The van der Waals surface area contributed by atoms with Crippen LogP contribution in [0.15, 0.2) is 54.6 Å². The molecule has 1 aliphatic rings. The number of hydrogen-bond acceptors (Lipinski definition) is 4. The van der Waals surface area contributed by atoms with Gasteiger partial charge in [-0.3, -0.25) is 4.79 Å². The van der Waals surface area contributed by atoms with Crippen LogP contribution in [0.25, 0.3) is 0 Å². The van der Waals surface area contributed by atoms with E-state index >= 15 is 0 Å². The number of ether oxygens (including phenoxy) is 2. The Bertz CT molecular complexity index is 1160. The highest BCUT2D eigenvalue weighted by Crippen LogP contribution is 2.38. The van der Waals surface area contributed by atoms with Crippen LogP contribution in [0.1, 0.15) is 49.7 Å². The van der Waals surface area contributed by atoms with Crippen molar-refractivity contribution in [2.75, 3.05) is 0 Å². The molecular formula is C26H24O4. The SMILES string of the molecule is Cc1ccc(OC(=O)Oc2c(C)ccc(C3Cc4ccccc4C3=O)c2C)c(C)c1. The number of benzene rings is 3. The third-order valence-corrected chi connectivity index (χ3v) is 5.75. The molecule has 0 aromatic heterocycles. The van der Waals surface area contributed by atoms with E-state index in [1.54, 1.807) is 6.07 Å². The van der Waals surface area contributed by atoms with Gasteiger partial charge in [-0.2, -0.15) is 0 Å². The lowest BCUT2D eigenvalue weighted by atomic mass is 9.90. The summed E-state index contributed by atoms with van der Waals surface area (Å²) in [7, 11) is 0. The molecule has 0 spiro atoms. The van der Waals surface area contributed by atoms with Crippen LogP contribution in [-0.4, -0.2) is 11.9 Å². The molecule has 3 aromatic carbocycles. The second kappa shape index (κ2) is 7.79. The summed E-state index contributed by atoms with van der Waals surface area (Å²) in [5, 5.41) is 0. The molecule has 0 amide bonds. The van der Waals surface area contributed by atoms with E-state index in [2.05, 4.69) is 0 Å². The molecular weight excluding hydrogens is 376 g/mol. The molecule has 0 aliphatic heterocycles. The first-order valence-electron chi connectivity index (χ1n) is 10.0. The molecule has 1 aliphatic carbocycles. The molecule has 152 valence electrons. The smallest absolute Gasteiger partial charge is 0.394 e. The molecule has 3 aromatic rings. The largest absolute Gasteiger partial charge is 0.519 e. The average molecular weight is 400 g/mol. The molecule has 0 fully saturated rings. The van der Waals surface area contributed by atoms with Gasteiger partial charge in [0.25, 0.3) is 0 Å². The molecule has 0 saturated heterocycles. The zero-order chi connectivity index (χ0) is 21.4. The first-order valence-corrected chi connectivity index (χ1v) is 10.0. The summed E-state index contributed by atoms with van der Waals surface area (Å²) in [6, 6.07) is 17.2. The fourth-order valence-corrected chi connectivity index (χ4v) is 4.17. The van der Waals surface area contributed by atoms with E-state index in [1.165, 1.54) is 0 Å². The molecule has 30 heavy (non-hydrogen) atoms. The van der Waals surface area contributed by atoms with E-state index in [4.69, 9.17) is 9.47 Å². The quantitative estimate of drug-likeness (QED) is 0.398. The van der Waals surface area contributed by atoms with Crippen LogP contribution in [0.3, 0.4) is 0 Å². The van der Waals surface area contributed by atoms with Crippen LogP contribution in [-0.2, 0) is 6.42 Å². The molecule has 0 radical (unpaired) electrons. The number of rotatable bonds is 3. The summed E-state index contributed by atoms with van der Waals surface area (Å²) < 4.78 is 11.0. The van der Waals surface area contributed by atoms with Crippen molar-refractivity contribution in [3.05, 3.63) is 93.5 Å². The van der Waals surface area contributed by atoms with Crippen molar-refractivity contribution in [2.45, 2.75) is 40.0 Å². The van der Waals surface area contributed by atoms with Crippen molar-refractivity contribution in [2.24, 2.45) is 0 Å². The van der Waals surface area contributed by atoms with E-state index in [0.29, 0.717) is 17.9 Å². The third-order valence-electron chi connectivity index (χ3n) is 5.75. The maximum absolute atomic E-state index is 12.9. The predicted molar refractivity (Wildman–Crippen MR) is 116 cm³/mol. The first-order chi connectivity index (χ1) is 14.3. The van der Waals surface area contributed by atoms with Gasteiger partial charge in [-0.05, 0) is 68.0 Å². The average Bonchev–Trinajstić information content (AvgIpc) is 3.04. The van der Waals surface area contributed by atoms with Crippen molar-refractivity contribution in [1.29, 1.82) is 0 Å². The second-order valence-corrected chi connectivity index (χ2v) is 7.93. The number of fused-ring (bicyclic) bond motifs is 1. The second-order valence-electron chi connectivity index (χ2n) is 7.93. The van der Waals surface area contributed by atoms with Gasteiger partial charge in [0.05, 0.1) is 5.92 Å². The highest BCUT2D eigenvalue weighted by molar-refractivity contribution is 6.05. The lowest BCUT2D eigenvalue weighted by Gasteiger charge is -2.17. The Morgan fingerprint density at radius 2 is 1.67 bits per heavy atom. The maximum atomic E-state index is 12.9. The van der Waals surface area contributed by atoms with Crippen molar-refractivity contribution >= 4 is 11.9 Å². The number of ketones is 1. The fourth-order valence-electron chi connectivity index (χ4n) is 4.17. The number of carbonyl (C=O) groups is 2. The van der Waals surface area contributed by atoms with E-state index in [-0.39, 0.29) is 11.7 Å². The summed E-state index contributed by atoms with van der Waals surface area (Å²) in [6.07, 6.45) is -0.128. The van der Waals surface area contributed by atoms with E-state index in [9.17, 15) is 9.59 Å². The number of hydrogen-bond donors (Lipinski definition) is 0. The Hall–Kier alpha value is -3.40. The monoisotopic (exact) mass is 400 g/mol. The van der Waals surface area contributed by atoms with Gasteiger partial charge < -0.3 is 9.47 Å². The number of carbonyl (C=O) groups excluding carboxylic acids is 2. The first kappa shape index (κ1) is 19.9. The van der Waals surface area contributed by atoms with Crippen LogP contribution < -0.4 is 9.47 Å². The predicted octanol–water partition coefficient (Wildman–Crippen LogP) is 6.02. The molecule has 4 nitrogen and oxygen atoms in total. The normalized spacial score (nSPS) is 15.1. The lowest BCUT2D eigenvalue weighted by Crippen LogP contribution is -2.17. The maximum Gasteiger partial charge on any atom is 0.519 e. The molecule has 4 heteroatoms. The Morgan fingerprint density at radius 3 is 2.40 bits per heavy atom. The molecule has 0 N–H and O–H groups in total. The molecule has 1 atom stereocenters. The van der Waals surface area contributed by atoms with Crippen LogP contribution in [0.5, 0.6) is 11.5 Å². The van der Waals surface area contributed by atoms with Gasteiger partial charge in [-0.15, -0.1) is 0 Å². The molecule has 0 bridgehead atoms. The zero-order valence-corrected chi connectivity index (χ0v) is 17.6. The summed E-state index contributed by atoms with van der Waals surface area (Å²) in [5.41, 5.74) is 6.29. The highest BCUT2D eigenvalue weighted by atomic mass is 16.7. The van der Waals surface area contributed by atoms with Crippen molar-refractivity contribution in [3.8, 4) is 11.5 Å². The van der Waals surface area contributed by atoms with Crippen LogP contribution in [0, 0.1) is 27.7 Å². The van der Waals surface area contributed by atoms with Gasteiger partial charge >= 0.3 is 6.16 Å². The number of Topliss-reactive ketones (excluding diaryl/α,β-unsaturated/α-hetero) is 1. The van der Waals surface area contributed by atoms with E-state index in [1.807, 2.05) is 76.2 Å². The molecule has 0 saturated carbocycles. The topological polar surface area (TPSA) is 52.6 Å². The standard InChI is InChI=1S/C26H24O4/c1-15-9-12-23(17(3)13-15)29-26(28)30-25-16(2)10-11-20(18(25)4)22-14-19-7-5-6-8-21(19)24(22)27/h5-13,22H,14H2,1-4H3. The van der Waals surface area contributed by atoms with Crippen molar-refractivity contribution in [1.82, 2.24) is 0 Å². The highest BCUT2D eigenvalue weighted by Gasteiger charge is 2.33. The minimum absolute atomic E-state index is 0.112. The van der Waals surface area contributed by atoms with Crippen molar-refractivity contribution < 1.29 is 19.1 Å². The minimum Gasteiger partial charge on any atom is -0.394 e. The third kappa shape index (κ3) is 3.61. The van der Waals surface area contributed by atoms with Crippen LogP contribution >= 0.6 is 0 Å². The van der Waals surface area contributed by atoms with Gasteiger partial charge in [-0.1, -0.05) is 54.1 Å². The zero-order valence-electron chi connectivity index (χ0n) is 17.6. The fraction of sp³-hybridized carbons (Fsp3) is 0.231. The van der Waals surface area contributed by atoms with Gasteiger partial charge in [0.1, 0.15) is 11.5 Å². The summed E-state index contributed by atoms with van der Waals surface area (Å²) in [6.45, 7) is 7.63. The van der Waals surface area contributed by atoms with Gasteiger partial charge in [-0.25, -0.2) is 4.79 Å². The van der Waals surface area contributed by atoms with Crippen molar-refractivity contribution in [3.63, 3.8) is 0 Å². The molecule has 0 heterocycles. The molecule has 4 rings (SSSR count). The van der Waals surface area contributed by atoms with E-state index < -0.39 is 6.16 Å². The Kier molecular flexibility index (Phi) is 5.17. The number of aryl methyl sites for hydroxylation is 3. The molecule has 1 unspecified atom stereocenters. The minimum atomic E-state index is -0.786. The van der Waals surface area contributed by atoms with E-state index in [0.717, 1.165) is 38.9 Å². The van der Waals surface area contributed by atoms with Crippen LogP contribution in [0.2, 0.25) is 0 Å². The Balaban J connectivity index is 1.59. The summed E-state index contributed by atoms with van der Waals surface area (Å²) in [5.74, 6) is 0.770. The Labute approximate surface area is 176 Å². The van der Waals surface area contributed by atoms with Gasteiger partial charge in [0.2, 0.25) is 0 Å². The van der Waals surface area contributed by atoms with Crippen LogP contribution in [0.4, 0.5) is 4.79 Å². The Morgan fingerprint density at radius 1 is 0.900 bits per heavy atom. The van der Waals surface area contributed by atoms with Gasteiger partial charge in [0.15, 0.2) is 5.78 Å². The summed E-state index contributed by atoms with van der Waals surface area (Å²) in [4.78, 5) is 25.4. The van der Waals surface area contributed by atoms with Gasteiger partial charge in [0, 0.05) is 5.56 Å². The summed E-state index contributed by atoms with van der Waals surface area (Å²) >= 11 is 0.